The second kappa shape index (κ2) is 10.0. The summed E-state index contributed by atoms with van der Waals surface area (Å²) in [6.45, 7) is 6.98. The topological polar surface area (TPSA) is 49.3 Å². The van der Waals surface area contributed by atoms with Gasteiger partial charge in [-0.2, -0.15) is 0 Å². The number of aromatic nitrogens is 1. The third-order valence-corrected chi connectivity index (χ3v) is 4.85. The monoisotopic (exact) mass is 480 g/mol. The number of thiazole rings is 1. The third-order valence-electron chi connectivity index (χ3n) is 3.77. The fourth-order valence-corrected chi connectivity index (χ4v) is 3.13. The second-order valence-corrected chi connectivity index (χ2v) is 6.91. The predicted octanol–water partition coefficient (Wildman–Crippen LogP) is 4.12. The summed E-state index contributed by atoms with van der Waals surface area (Å²) in [6, 6.07) is 3.66. The van der Waals surface area contributed by atoms with Gasteiger partial charge < -0.3 is 10.6 Å². The number of aliphatic imine (C=N–C) groups is 1. The van der Waals surface area contributed by atoms with E-state index in [1.165, 1.54) is 17.0 Å². The van der Waals surface area contributed by atoms with Crippen molar-refractivity contribution in [1.29, 1.82) is 0 Å². The van der Waals surface area contributed by atoms with Crippen molar-refractivity contribution in [3.63, 3.8) is 0 Å². The summed E-state index contributed by atoms with van der Waals surface area (Å²) in [5.74, 6) is -0.590. The van der Waals surface area contributed by atoms with Gasteiger partial charge in [-0.1, -0.05) is 13.0 Å². The van der Waals surface area contributed by atoms with Gasteiger partial charge in [0.05, 0.1) is 12.2 Å². The Kier molecular flexibility index (Phi) is 8.70. The molecule has 0 saturated carbocycles. The Morgan fingerprint density at radius 3 is 2.56 bits per heavy atom. The van der Waals surface area contributed by atoms with Crippen molar-refractivity contribution in [2.45, 2.75) is 33.2 Å². The maximum atomic E-state index is 13.8. The highest BCUT2D eigenvalue weighted by Crippen LogP contribution is 2.19. The number of hydrogen-bond acceptors (Lipinski definition) is 3. The molecule has 138 valence electrons. The molecular formula is C17H23F2IN4S. The first-order chi connectivity index (χ1) is 11.4. The number of nitrogens with one attached hydrogen (secondary N) is 2. The summed E-state index contributed by atoms with van der Waals surface area (Å²) in [6.07, 6.45) is 0. The molecule has 0 aliphatic heterocycles. The van der Waals surface area contributed by atoms with E-state index >= 15 is 0 Å². The van der Waals surface area contributed by atoms with Crippen molar-refractivity contribution in [3.8, 4) is 0 Å². The normalized spacial score (nSPS) is 12.5. The lowest BCUT2D eigenvalue weighted by Crippen LogP contribution is -2.38. The molecule has 1 atom stereocenters. The summed E-state index contributed by atoms with van der Waals surface area (Å²) < 4.78 is 26.8. The van der Waals surface area contributed by atoms with Crippen LogP contribution in [0, 0.1) is 25.5 Å². The molecule has 2 aromatic rings. The van der Waals surface area contributed by atoms with Crippen molar-refractivity contribution in [1.82, 2.24) is 15.6 Å². The quantitative estimate of drug-likeness (QED) is 0.385. The summed E-state index contributed by atoms with van der Waals surface area (Å²) >= 11 is 1.65. The minimum absolute atomic E-state index is 0. The third kappa shape index (κ3) is 6.18. The van der Waals surface area contributed by atoms with Gasteiger partial charge in [-0.3, -0.25) is 4.99 Å². The predicted molar refractivity (Wildman–Crippen MR) is 110 cm³/mol. The van der Waals surface area contributed by atoms with Crippen molar-refractivity contribution in [2.24, 2.45) is 4.99 Å². The van der Waals surface area contributed by atoms with Gasteiger partial charge in [0.1, 0.15) is 16.6 Å². The summed E-state index contributed by atoms with van der Waals surface area (Å²) in [5, 5.41) is 7.34. The molecule has 0 aliphatic rings. The zero-order valence-electron chi connectivity index (χ0n) is 14.7. The van der Waals surface area contributed by atoms with E-state index < -0.39 is 11.6 Å². The SMILES string of the molecule is CN=C(NCc1nc(C)c(C)s1)NCC(C)c1ccc(F)cc1F.I. The van der Waals surface area contributed by atoms with E-state index in [-0.39, 0.29) is 29.9 Å². The van der Waals surface area contributed by atoms with E-state index in [0.717, 1.165) is 16.8 Å². The van der Waals surface area contributed by atoms with Crippen LogP contribution in [-0.4, -0.2) is 24.5 Å². The molecule has 1 unspecified atom stereocenters. The highest BCUT2D eigenvalue weighted by atomic mass is 127. The molecule has 0 aliphatic carbocycles. The fourth-order valence-electron chi connectivity index (χ4n) is 2.26. The molecule has 0 radical (unpaired) electrons. The first kappa shape index (κ1) is 21.8. The van der Waals surface area contributed by atoms with Gasteiger partial charge in [-0.25, -0.2) is 13.8 Å². The van der Waals surface area contributed by atoms with Crippen LogP contribution in [0.4, 0.5) is 8.78 Å². The van der Waals surface area contributed by atoms with Gasteiger partial charge in [0, 0.05) is 30.5 Å². The van der Waals surface area contributed by atoms with E-state index in [9.17, 15) is 8.78 Å². The van der Waals surface area contributed by atoms with Crippen molar-refractivity contribution in [2.75, 3.05) is 13.6 Å². The number of rotatable bonds is 5. The van der Waals surface area contributed by atoms with E-state index in [2.05, 4.69) is 20.6 Å². The molecule has 1 heterocycles. The van der Waals surface area contributed by atoms with Crippen LogP contribution in [-0.2, 0) is 6.54 Å². The molecule has 0 spiro atoms. The zero-order valence-corrected chi connectivity index (χ0v) is 17.8. The molecule has 8 heteroatoms. The zero-order chi connectivity index (χ0) is 17.7. The van der Waals surface area contributed by atoms with Gasteiger partial charge in [0.25, 0.3) is 0 Å². The van der Waals surface area contributed by atoms with Crippen molar-refractivity contribution < 1.29 is 8.78 Å². The molecule has 2 rings (SSSR count). The van der Waals surface area contributed by atoms with Crippen LogP contribution < -0.4 is 10.6 Å². The van der Waals surface area contributed by atoms with Crippen molar-refractivity contribution >= 4 is 41.3 Å². The molecular weight excluding hydrogens is 457 g/mol. The van der Waals surface area contributed by atoms with E-state index in [0.29, 0.717) is 24.6 Å². The first-order valence-electron chi connectivity index (χ1n) is 7.73. The average Bonchev–Trinajstić information content (AvgIpc) is 2.85. The maximum absolute atomic E-state index is 13.8. The molecule has 0 saturated heterocycles. The van der Waals surface area contributed by atoms with Crippen LogP contribution in [0.5, 0.6) is 0 Å². The Morgan fingerprint density at radius 2 is 2.00 bits per heavy atom. The largest absolute Gasteiger partial charge is 0.356 e. The van der Waals surface area contributed by atoms with Gasteiger partial charge in [-0.05, 0) is 25.5 Å². The summed E-state index contributed by atoms with van der Waals surface area (Å²) in [5.41, 5.74) is 1.52. The molecule has 0 fully saturated rings. The Bertz CT molecular complexity index is 714. The second-order valence-electron chi connectivity index (χ2n) is 5.62. The van der Waals surface area contributed by atoms with Gasteiger partial charge in [-0.15, -0.1) is 35.3 Å². The Labute approximate surface area is 168 Å². The van der Waals surface area contributed by atoms with Gasteiger partial charge in [0.2, 0.25) is 0 Å². The lowest BCUT2D eigenvalue weighted by Gasteiger charge is -2.16. The number of hydrogen-bond donors (Lipinski definition) is 2. The Hall–Kier alpha value is -1.29. The van der Waals surface area contributed by atoms with Gasteiger partial charge in [0.15, 0.2) is 5.96 Å². The van der Waals surface area contributed by atoms with Crippen LogP contribution in [0.25, 0.3) is 0 Å². The number of guanidine groups is 1. The minimum Gasteiger partial charge on any atom is -0.356 e. The lowest BCUT2D eigenvalue weighted by molar-refractivity contribution is 0.556. The van der Waals surface area contributed by atoms with Crippen LogP contribution in [0.1, 0.15) is 34.0 Å². The molecule has 0 bridgehead atoms. The number of benzene rings is 1. The van der Waals surface area contributed by atoms with Crippen LogP contribution >= 0.6 is 35.3 Å². The molecule has 1 aromatic carbocycles. The number of nitrogens with zero attached hydrogens (tertiary/aromatic N) is 2. The highest BCUT2D eigenvalue weighted by Gasteiger charge is 2.12. The Morgan fingerprint density at radius 1 is 1.28 bits per heavy atom. The van der Waals surface area contributed by atoms with E-state index in [4.69, 9.17) is 0 Å². The van der Waals surface area contributed by atoms with E-state index in [1.54, 1.807) is 18.4 Å². The Balaban J connectivity index is 0.00000312. The number of aryl methyl sites for hydroxylation is 2. The van der Waals surface area contributed by atoms with Gasteiger partial charge >= 0.3 is 0 Å². The van der Waals surface area contributed by atoms with Crippen LogP contribution in [0.15, 0.2) is 23.2 Å². The summed E-state index contributed by atoms with van der Waals surface area (Å²) in [7, 11) is 1.68. The average molecular weight is 480 g/mol. The molecule has 1 aromatic heterocycles. The first-order valence-corrected chi connectivity index (χ1v) is 8.54. The fraction of sp³-hybridized carbons (Fsp3) is 0.412. The van der Waals surface area contributed by atoms with Crippen LogP contribution in [0.2, 0.25) is 0 Å². The standard InChI is InChI=1S/C17H22F2N4S.HI/c1-10(14-6-5-13(18)7-15(14)19)8-21-17(20-4)22-9-16-23-11(2)12(3)24-16;/h5-7,10H,8-9H2,1-4H3,(H2,20,21,22);1H. The van der Waals surface area contributed by atoms with Crippen LogP contribution in [0.3, 0.4) is 0 Å². The maximum Gasteiger partial charge on any atom is 0.191 e. The smallest absolute Gasteiger partial charge is 0.191 e. The molecule has 25 heavy (non-hydrogen) atoms. The highest BCUT2D eigenvalue weighted by molar-refractivity contribution is 14.0. The molecule has 4 nitrogen and oxygen atoms in total. The number of halogens is 3. The molecule has 0 amide bonds. The van der Waals surface area contributed by atoms with Crippen molar-refractivity contribution in [3.05, 3.63) is 51.0 Å². The lowest BCUT2D eigenvalue weighted by atomic mass is 10.0. The molecule has 2 N–H and O–H groups in total. The summed E-state index contributed by atoms with van der Waals surface area (Å²) in [4.78, 5) is 9.82. The minimum atomic E-state index is -0.567. The van der Waals surface area contributed by atoms with E-state index in [1.807, 2.05) is 20.8 Å².